The van der Waals surface area contributed by atoms with Gasteiger partial charge in [0.2, 0.25) is 5.91 Å². The van der Waals surface area contributed by atoms with Crippen LogP contribution in [0, 0.1) is 0 Å². The summed E-state index contributed by atoms with van der Waals surface area (Å²) in [6.45, 7) is 4.79. The van der Waals surface area contributed by atoms with Crippen molar-refractivity contribution in [3.63, 3.8) is 0 Å². The zero-order valence-corrected chi connectivity index (χ0v) is 16.8. The van der Waals surface area contributed by atoms with Crippen molar-refractivity contribution in [2.45, 2.75) is 32.7 Å². The number of thiophene rings is 1. The van der Waals surface area contributed by atoms with Gasteiger partial charge >= 0.3 is 0 Å². The average molecular weight is 387 g/mol. The molecule has 0 fully saturated rings. The number of carbonyl (C=O) groups excluding carboxylic acids is 1. The Bertz CT molecular complexity index is 839. The Morgan fingerprint density at radius 2 is 1.96 bits per heavy atom. The zero-order valence-electron chi connectivity index (χ0n) is 15.1. The van der Waals surface area contributed by atoms with Crippen molar-refractivity contribution in [2.75, 3.05) is 12.0 Å². The minimum atomic E-state index is 0.0455. The molecule has 0 radical (unpaired) electrons. The molecular weight excluding hydrogens is 364 g/mol. The van der Waals surface area contributed by atoms with Crippen molar-refractivity contribution < 1.29 is 9.53 Å². The molecule has 2 heterocycles. The van der Waals surface area contributed by atoms with Crippen molar-refractivity contribution in [3.05, 3.63) is 62.7 Å². The van der Waals surface area contributed by atoms with Crippen molar-refractivity contribution >= 4 is 34.3 Å². The van der Waals surface area contributed by atoms with E-state index in [1.54, 1.807) is 29.8 Å². The average Bonchev–Trinajstić information content (AvgIpc) is 3.31. The summed E-state index contributed by atoms with van der Waals surface area (Å²) in [7, 11) is 1.64. The SMILES string of the molecule is COc1ccc(N(Cc2cccs2)C(=O)Cc2csc(C(C)C)n2)cc1. The third-order valence-corrected chi connectivity index (χ3v) is 6.03. The Kier molecular flexibility index (Phi) is 6.06. The smallest absolute Gasteiger partial charge is 0.233 e. The number of nitrogens with zero attached hydrogens (tertiary/aromatic N) is 2. The van der Waals surface area contributed by atoms with Crippen LogP contribution < -0.4 is 9.64 Å². The molecule has 136 valence electrons. The van der Waals surface area contributed by atoms with Gasteiger partial charge in [-0.1, -0.05) is 19.9 Å². The van der Waals surface area contributed by atoms with Crippen molar-refractivity contribution in [3.8, 4) is 5.75 Å². The number of carbonyl (C=O) groups is 1. The minimum Gasteiger partial charge on any atom is -0.497 e. The molecule has 0 aliphatic rings. The Hall–Kier alpha value is -2.18. The van der Waals surface area contributed by atoms with Crippen LogP contribution in [-0.2, 0) is 17.8 Å². The number of aromatic nitrogens is 1. The lowest BCUT2D eigenvalue weighted by atomic mass is 10.2. The highest BCUT2D eigenvalue weighted by molar-refractivity contribution is 7.10. The van der Waals surface area contributed by atoms with Gasteiger partial charge in [-0.25, -0.2) is 4.98 Å². The number of hydrogen-bond donors (Lipinski definition) is 0. The molecule has 3 aromatic rings. The third kappa shape index (κ3) is 4.51. The van der Waals surface area contributed by atoms with Crippen LogP contribution in [0.4, 0.5) is 5.69 Å². The molecule has 0 spiro atoms. The highest BCUT2D eigenvalue weighted by Gasteiger charge is 2.19. The molecule has 0 saturated carbocycles. The van der Waals surface area contributed by atoms with E-state index in [0.29, 0.717) is 18.9 Å². The number of benzene rings is 1. The molecule has 0 saturated heterocycles. The highest BCUT2D eigenvalue weighted by atomic mass is 32.1. The van der Waals surface area contributed by atoms with Gasteiger partial charge in [-0.3, -0.25) is 4.79 Å². The van der Waals surface area contributed by atoms with Crippen molar-refractivity contribution in [1.29, 1.82) is 0 Å². The summed E-state index contributed by atoms with van der Waals surface area (Å²) >= 11 is 3.27. The minimum absolute atomic E-state index is 0.0455. The fourth-order valence-corrected chi connectivity index (χ4v) is 4.09. The fourth-order valence-electron chi connectivity index (χ4n) is 2.56. The molecule has 0 aliphatic heterocycles. The van der Waals surface area contributed by atoms with E-state index in [2.05, 4.69) is 18.8 Å². The zero-order chi connectivity index (χ0) is 18.5. The molecule has 3 rings (SSSR count). The summed E-state index contributed by atoms with van der Waals surface area (Å²) in [6, 6.07) is 11.7. The lowest BCUT2D eigenvalue weighted by Crippen LogP contribution is -2.31. The molecule has 0 aliphatic carbocycles. The summed E-state index contributed by atoms with van der Waals surface area (Å²) in [4.78, 5) is 20.6. The fraction of sp³-hybridized carbons (Fsp3) is 0.300. The van der Waals surface area contributed by atoms with Gasteiger partial charge in [0.15, 0.2) is 0 Å². The van der Waals surface area contributed by atoms with Gasteiger partial charge in [-0.2, -0.15) is 0 Å². The Morgan fingerprint density at radius 3 is 2.54 bits per heavy atom. The van der Waals surface area contributed by atoms with Crippen molar-refractivity contribution in [1.82, 2.24) is 4.98 Å². The van der Waals surface area contributed by atoms with Crippen LogP contribution in [-0.4, -0.2) is 18.0 Å². The third-order valence-electron chi connectivity index (χ3n) is 3.97. The van der Waals surface area contributed by atoms with E-state index in [1.807, 2.05) is 52.1 Å². The Morgan fingerprint density at radius 1 is 1.19 bits per heavy atom. The largest absolute Gasteiger partial charge is 0.497 e. The predicted molar refractivity (Wildman–Crippen MR) is 108 cm³/mol. The van der Waals surface area contributed by atoms with Gasteiger partial charge in [0.1, 0.15) is 5.75 Å². The second-order valence-corrected chi connectivity index (χ2v) is 8.19. The lowest BCUT2D eigenvalue weighted by molar-refractivity contribution is -0.118. The maximum absolute atomic E-state index is 13.0. The number of hydrogen-bond acceptors (Lipinski definition) is 5. The highest BCUT2D eigenvalue weighted by Crippen LogP contribution is 2.25. The van der Waals surface area contributed by atoms with Crippen LogP contribution in [0.5, 0.6) is 5.75 Å². The standard InChI is InChI=1S/C20H22N2O2S2/c1-14(2)20-21-15(13-26-20)11-19(23)22(12-18-5-4-10-25-18)16-6-8-17(24-3)9-7-16/h4-10,13-14H,11-12H2,1-3H3. The van der Waals surface area contributed by atoms with E-state index in [4.69, 9.17) is 4.74 Å². The summed E-state index contributed by atoms with van der Waals surface area (Å²) in [5.41, 5.74) is 1.71. The number of amides is 1. The van der Waals surface area contributed by atoms with Gasteiger partial charge < -0.3 is 9.64 Å². The molecule has 26 heavy (non-hydrogen) atoms. The second-order valence-electron chi connectivity index (χ2n) is 6.27. The Labute approximate surface area is 162 Å². The normalized spacial score (nSPS) is 10.9. The molecule has 0 atom stereocenters. The van der Waals surface area contributed by atoms with Crippen LogP contribution in [0.15, 0.2) is 47.2 Å². The van der Waals surface area contributed by atoms with Gasteiger partial charge in [-0.05, 0) is 35.7 Å². The molecule has 0 N–H and O–H groups in total. The lowest BCUT2D eigenvalue weighted by Gasteiger charge is -2.22. The monoisotopic (exact) mass is 386 g/mol. The first-order valence-corrected chi connectivity index (χ1v) is 10.2. The number of methoxy groups -OCH3 is 1. The molecular formula is C20H22N2O2S2. The molecule has 0 unspecified atom stereocenters. The maximum Gasteiger partial charge on any atom is 0.233 e. The van der Waals surface area contributed by atoms with Gasteiger partial charge in [0.25, 0.3) is 0 Å². The Balaban J connectivity index is 1.82. The first-order chi connectivity index (χ1) is 12.6. The van der Waals surface area contributed by atoms with E-state index in [0.717, 1.165) is 27.0 Å². The first kappa shape index (κ1) is 18.6. The molecule has 2 aromatic heterocycles. The van der Waals surface area contributed by atoms with E-state index >= 15 is 0 Å². The summed E-state index contributed by atoms with van der Waals surface area (Å²) in [5, 5.41) is 5.09. The van der Waals surface area contributed by atoms with Gasteiger partial charge in [0.05, 0.1) is 30.8 Å². The maximum atomic E-state index is 13.0. The van der Waals surface area contributed by atoms with Crippen LogP contribution in [0.2, 0.25) is 0 Å². The number of thiazole rings is 1. The summed E-state index contributed by atoms with van der Waals surface area (Å²) in [5.74, 6) is 1.20. The summed E-state index contributed by atoms with van der Waals surface area (Å²) < 4.78 is 5.23. The molecule has 1 aromatic carbocycles. The van der Waals surface area contributed by atoms with E-state index < -0.39 is 0 Å². The van der Waals surface area contributed by atoms with E-state index in [1.165, 1.54) is 0 Å². The number of rotatable bonds is 7. The number of anilines is 1. The molecule has 0 bridgehead atoms. The predicted octanol–water partition coefficient (Wildman–Crippen LogP) is 5.11. The second kappa shape index (κ2) is 8.47. The van der Waals surface area contributed by atoms with E-state index in [-0.39, 0.29) is 5.91 Å². The van der Waals surface area contributed by atoms with Crippen molar-refractivity contribution in [2.24, 2.45) is 0 Å². The molecule has 1 amide bonds. The van der Waals surface area contributed by atoms with Crippen LogP contribution in [0.25, 0.3) is 0 Å². The molecule has 4 nitrogen and oxygen atoms in total. The first-order valence-electron chi connectivity index (χ1n) is 8.48. The van der Waals surface area contributed by atoms with Gasteiger partial charge in [0, 0.05) is 21.9 Å². The summed E-state index contributed by atoms with van der Waals surface area (Å²) in [6.07, 6.45) is 0.306. The quantitative estimate of drug-likeness (QED) is 0.566. The van der Waals surface area contributed by atoms with Crippen LogP contribution >= 0.6 is 22.7 Å². The van der Waals surface area contributed by atoms with Crippen LogP contribution in [0.3, 0.4) is 0 Å². The topological polar surface area (TPSA) is 42.4 Å². The van der Waals surface area contributed by atoms with E-state index in [9.17, 15) is 4.79 Å². The molecule has 6 heteroatoms. The number of ether oxygens (including phenoxy) is 1. The van der Waals surface area contributed by atoms with Crippen LogP contribution in [0.1, 0.15) is 35.3 Å². The van der Waals surface area contributed by atoms with Gasteiger partial charge in [-0.15, -0.1) is 22.7 Å².